The molecule has 1 fully saturated rings. The zero-order valence-electron chi connectivity index (χ0n) is 66.3. The number of aromatic amines is 1. The van der Waals surface area contributed by atoms with E-state index in [0.29, 0.717) is 29.3 Å². The minimum absolute atomic E-state index is 0.0120. The van der Waals surface area contributed by atoms with Gasteiger partial charge in [-0.05, 0) is 94.8 Å². The first-order valence-corrected chi connectivity index (χ1v) is 38.0. The van der Waals surface area contributed by atoms with Crippen LogP contribution in [0.15, 0.2) is 30.5 Å². The summed E-state index contributed by atoms with van der Waals surface area (Å²) in [5.74, 6) is -29.3. The van der Waals surface area contributed by atoms with Gasteiger partial charge in [-0.25, -0.2) is 9.59 Å². The number of aliphatic carboxylic acids is 4. The molecule has 43 nitrogen and oxygen atoms in total. The van der Waals surface area contributed by atoms with E-state index in [0.717, 1.165) is 84.4 Å². The van der Waals surface area contributed by atoms with Crippen molar-refractivity contribution in [2.45, 2.75) is 236 Å². The summed E-state index contributed by atoms with van der Waals surface area (Å²) in [5, 5.41) is 79.2. The van der Waals surface area contributed by atoms with Gasteiger partial charge in [0.2, 0.25) is 82.7 Å². The molecule has 2 heterocycles. The molecule has 0 aliphatic carbocycles. The van der Waals surface area contributed by atoms with Gasteiger partial charge in [0.1, 0.15) is 66.5 Å². The average molecular weight is 1640 g/mol. The highest BCUT2D eigenvalue weighted by Gasteiger charge is 2.44. The number of nitrogens with one attached hydrogen (secondary N) is 13. The molecular weight excluding hydrogens is 1530 g/mol. The number of carbonyl (C=O) groups excluding carboxylic acids is 15. The Balaban J connectivity index is 2.26. The average Bonchev–Trinajstić information content (AvgIpc) is 1.61. The van der Waals surface area contributed by atoms with E-state index in [-0.39, 0.29) is 32.2 Å². The SMILES string of the molecule is CCC(C)CCCCCCCN[C@@H](Cc1c[nH]c2ccccc12)C(=O)N[C@H](CCC(=O)O)C(=O)N[C@H](C(=O)N[C@@H]1C(=O)N(C)CC(=O)N[C@@H](C)C(=O)N[C@@H](CC(=O)O)C(=O)N[C@H](CCCCN)C(=O)N[C@@H](C(OC)C(=O)O)C(=O)NCC(=O)N[C@H](CC(N)=O)C(=O)NC(C(C)CC(=O)O)C(=O)N[C@@H](C(C)C)C(=O)O[C@@H]1C)C(O)C(N)=O. The van der Waals surface area contributed by atoms with Gasteiger partial charge in [-0.3, -0.25) is 81.5 Å². The number of aromatic nitrogens is 1. The molecule has 0 spiro atoms. The number of carbonyl (C=O) groups is 19. The van der Waals surface area contributed by atoms with Crippen LogP contribution in [0.2, 0.25) is 0 Å². The Hall–Kier alpha value is -11.5. The van der Waals surface area contributed by atoms with Crippen molar-refractivity contribution in [2.24, 2.45) is 35.0 Å². The number of amides is 14. The first-order chi connectivity index (χ1) is 54.5. The Labute approximate surface area is 668 Å². The van der Waals surface area contributed by atoms with E-state index in [9.17, 15) is 117 Å². The summed E-state index contributed by atoms with van der Waals surface area (Å²) in [7, 11) is 1.72. The molecule has 3 rings (SSSR count). The summed E-state index contributed by atoms with van der Waals surface area (Å²) >= 11 is 0. The second kappa shape index (κ2) is 49.3. The topological polar surface area (TPSA) is 685 Å². The van der Waals surface area contributed by atoms with Gasteiger partial charge in [-0.1, -0.05) is 91.3 Å². The number of primary amides is 2. The number of ether oxygens (including phenoxy) is 2. The molecule has 24 N–H and O–H groups in total. The van der Waals surface area contributed by atoms with Crippen LogP contribution in [0.5, 0.6) is 0 Å². The van der Waals surface area contributed by atoms with Crippen molar-refractivity contribution >= 4 is 123 Å². The molecule has 0 radical (unpaired) electrons. The molecule has 1 aliphatic rings. The summed E-state index contributed by atoms with van der Waals surface area (Å²) in [6, 6.07) is -14.8. The molecule has 1 aliphatic heterocycles. The summed E-state index contributed by atoms with van der Waals surface area (Å²) in [5.41, 5.74) is 18.0. The highest BCUT2D eigenvalue weighted by molar-refractivity contribution is 6.02. The molecule has 1 aromatic heterocycles. The van der Waals surface area contributed by atoms with Crippen LogP contribution in [-0.4, -0.2) is 273 Å². The van der Waals surface area contributed by atoms with E-state index in [4.69, 9.17) is 26.7 Å². The number of methoxy groups -OCH3 is 1. The Morgan fingerprint density at radius 3 is 1.85 bits per heavy atom. The standard InChI is InChI=1S/C73H113N17O26/c1-10-36(4)20-14-12-11-13-19-27-77-45(29-40-32-78-42-22-16-15-21-41(40)42)65(105)83-44(24-25-51(94)95)64(104)88-57(59(100)61(76)101)70(110)87-56-39(7)116-73(114)54(35(2)3)85-69(109)55(37(5)28-52(96)97)86-67(107)46(30-48(75)91)81-49(92)33-79-68(108)58(60(115-9)72(112)113)89-63(103)43(23-17-18-26-74)82-66(106)47(31-53(98)99)84-62(102)38(6)80-50(93)34-90(8)71(56)111/h15-16,21-22,32,35-39,43-47,54-60,77-78,100H,10-14,17-20,23-31,33-34,74H2,1-9H3,(H2,75,91)(H2,76,101)(H,79,108)(H,80,93)(H,81,92)(H,82,106)(H,83,105)(H,84,102)(H,85,109)(H,86,107)(H,87,110)(H,88,104)(H,89,103)(H,94,95)(H,96,97)(H,98,99)(H,112,113)/t36?,37?,38-,39+,43+,44+,45-,46+,47-,54-,55?,56-,57-,58-,59?,60?/m0/s1. The number of unbranched alkanes of at least 4 members (excludes halogenated alkanes) is 5. The van der Waals surface area contributed by atoms with Crippen molar-refractivity contribution < 1.29 is 126 Å². The van der Waals surface area contributed by atoms with Gasteiger partial charge in [0.15, 0.2) is 12.2 Å². The van der Waals surface area contributed by atoms with Crippen LogP contribution in [0.4, 0.5) is 0 Å². The lowest BCUT2D eigenvalue weighted by Crippen LogP contribution is -2.64. The van der Waals surface area contributed by atoms with Gasteiger partial charge in [-0.15, -0.1) is 0 Å². The van der Waals surface area contributed by atoms with Crippen LogP contribution < -0.4 is 81.0 Å². The fourth-order valence-electron chi connectivity index (χ4n) is 12.2. The van der Waals surface area contributed by atoms with Gasteiger partial charge < -0.3 is 126 Å². The van der Waals surface area contributed by atoms with E-state index < -0.39 is 254 Å². The number of cyclic esters (lactones) is 1. The molecule has 116 heavy (non-hydrogen) atoms. The summed E-state index contributed by atoms with van der Waals surface area (Å²) in [6.07, 6.45) is -3.80. The van der Waals surface area contributed by atoms with Gasteiger partial charge in [-0.2, -0.15) is 0 Å². The third-order valence-electron chi connectivity index (χ3n) is 19.0. The number of nitrogens with two attached hydrogens (primary N) is 3. The van der Waals surface area contributed by atoms with Crippen molar-refractivity contribution in [1.82, 2.24) is 73.7 Å². The lowest BCUT2D eigenvalue weighted by Gasteiger charge is -2.32. The van der Waals surface area contributed by atoms with E-state index in [1.165, 1.54) is 13.8 Å². The van der Waals surface area contributed by atoms with Crippen molar-refractivity contribution in [3.63, 3.8) is 0 Å². The quantitative estimate of drug-likeness (QED) is 0.0220. The second-order valence-electron chi connectivity index (χ2n) is 28.9. The number of aliphatic hydroxyl groups is 1. The smallest absolute Gasteiger partial charge is 0.335 e. The van der Waals surface area contributed by atoms with E-state index >= 15 is 0 Å². The molecule has 43 heteroatoms. The number of hydrogen-bond donors (Lipinski definition) is 21. The maximum absolute atomic E-state index is 15.0. The third kappa shape index (κ3) is 33.2. The Bertz CT molecular complexity index is 3800. The molecule has 1 saturated heterocycles. The van der Waals surface area contributed by atoms with Crippen molar-refractivity contribution in [2.75, 3.05) is 40.3 Å². The number of hydrogen-bond acceptors (Lipinski definition) is 24. The Kier molecular flexibility index (Phi) is 42.0. The van der Waals surface area contributed by atoms with Crippen LogP contribution in [0.25, 0.3) is 10.9 Å². The van der Waals surface area contributed by atoms with Crippen LogP contribution in [0.3, 0.4) is 0 Å². The van der Waals surface area contributed by atoms with E-state index in [1.807, 2.05) is 17.4 Å². The molecule has 0 bridgehead atoms. The molecule has 646 valence electrons. The van der Waals surface area contributed by atoms with E-state index in [1.54, 1.807) is 18.3 Å². The van der Waals surface area contributed by atoms with Gasteiger partial charge >= 0.3 is 29.8 Å². The van der Waals surface area contributed by atoms with E-state index in [2.05, 4.69) is 77.3 Å². The fourth-order valence-corrected chi connectivity index (χ4v) is 12.2. The largest absolute Gasteiger partial charge is 0.481 e. The third-order valence-corrected chi connectivity index (χ3v) is 19.0. The van der Waals surface area contributed by atoms with Crippen LogP contribution in [0, 0.1) is 17.8 Å². The first kappa shape index (κ1) is 98.7. The number of nitrogens with zero attached hydrogens (tertiary/aromatic N) is 1. The maximum atomic E-state index is 15.0. The molecule has 5 unspecified atom stereocenters. The Morgan fingerprint density at radius 1 is 0.647 bits per heavy atom. The Morgan fingerprint density at radius 2 is 1.25 bits per heavy atom. The second-order valence-corrected chi connectivity index (χ2v) is 28.9. The van der Waals surface area contributed by atoms with Crippen LogP contribution in [-0.2, 0) is 107 Å². The van der Waals surface area contributed by atoms with Crippen molar-refractivity contribution in [3.8, 4) is 0 Å². The minimum Gasteiger partial charge on any atom is -0.481 e. The lowest BCUT2D eigenvalue weighted by atomic mass is 9.95. The number of fused-ring (bicyclic) bond motifs is 1. The molecule has 0 saturated carbocycles. The number of carboxylic acids is 4. The fraction of sp³-hybridized carbons (Fsp3) is 0.630. The van der Waals surface area contributed by atoms with Crippen LogP contribution >= 0.6 is 0 Å². The summed E-state index contributed by atoms with van der Waals surface area (Å²) in [4.78, 5) is 264. The predicted molar refractivity (Wildman–Crippen MR) is 408 cm³/mol. The number of rotatable bonds is 38. The monoisotopic (exact) mass is 1640 g/mol. The van der Waals surface area contributed by atoms with Gasteiger partial charge in [0.05, 0.1) is 38.4 Å². The zero-order valence-corrected chi connectivity index (χ0v) is 66.3. The number of likely N-dealkylation sites (N-methyl/N-ethyl adjacent to an activating group) is 1. The first-order valence-electron chi connectivity index (χ1n) is 38.0. The number of H-pyrrole nitrogens is 1. The highest BCUT2D eigenvalue weighted by Crippen LogP contribution is 2.22. The van der Waals surface area contributed by atoms with Gasteiger partial charge in [0.25, 0.3) is 0 Å². The molecule has 16 atom stereocenters. The number of benzene rings is 1. The molecule has 14 amide bonds. The van der Waals surface area contributed by atoms with Gasteiger partial charge in [0, 0.05) is 37.7 Å². The molecule has 2 aromatic rings. The summed E-state index contributed by atoms with van der Waals surface area (Å²) in [6.45, 7) is 8.06. The number of aliphatic hydroxyl groups excluding tert-OH is 1. The zero-order chi connectivity index (χ0) is 87.4. The lowest BCUT2D eigenvalue weighted by molar-refractivity contribution is -0.159. The van der Waals surface area contributed by atoms with Crippen molar-refractivity contribution in [3.05, 3.63) is 36.0 Å². The number of para-hydroxylation sites is 1. The summed E-state index contributed by atoms with van der Waals surface area (Å²) < 4.78 is 10.7. The highest BCUT2D eigenvalue weighted by atomic mass is 16.5. The molecule has 1 aromatic carbocycles. The van der Waals surface area contributed by atoms with Crippen LogP contribution in [0.1, 0.15) is 150 Å². The maximum Gasteiger partial charge on any atom is 0.335 e. The molecular formula is C73H113N17O26. The number of esters is 1. The van der Waals surface area contributed by atoms with Crippen molar-refractivity contribution in [1.29, 1.82) is 0 Å². The normalized spacial score (nSPS) is 22.2. The number of carboxylic acid groups (broad SMARTS) is 4. The minimum atomic E-state index is -2.76. The predicted octanol–water partition coefficient (Wildman–Crippen LogP) is -5.50.